The van der Waals surface area contributed by atoms with Crippen LogP contribution in [0.5, 0.6) is 11.5 Å². The van der Waals surface area contributed by atoms with Crippen LogP contribution in [-0.4, -0.2) is 47.0 Å². The Hall–Kier alpha value is -1.11. The summed E-state index contributed by atoms with van der Waals surface area (Å²) < 4.78 is 23.4. The lowest BCUT2D eigenvalue weighted by Crippen LogP contribution is -2.34. The van der Waals surface area contributed by atoms with E-state index in [0.29, 0.717) is 42.2 Å². The molecule has 2 atom stereocenters. The van der Waals surface area contributed by atoms with E-state index in [-0.39, 0.29) is 5.75 Å². The summed E-state index contributed by atoms with van der Waals surface area (Å²) in [6.45, 7) is 5.69. The summed E-state index contributed by atoms with van der Waals surface area (Å²) >= 11 is 0. The van der Waals surface area contributed by atoms with E-state index in [1.807, 2.05) is 13.8 Å². The second kappa shape index (κ2) is 7.77. The van der Waals surface area contributed by atoms with Crippen molar-refractivity contribution in [1.82, 2.24) is 5.32 Å². The first-order chi connectivity index (χ1) is 10.1. The van der Waals surface area contributed by atoms with Gasteiger partial charge in [0.2, 0.25) is 0 Å². The van der Waals surface area contributed by atoms with Gasteiger partial charge in [-0.25, -0.2) is 0 Å². The normalized spacial score (nSPS) is 17.3. The molecule has 1 aliphatic rings. The van der Waals surface area contributed by atoms with Crippen LogP contribution in [0, 0.1) is 0 Å². The second-order valence-electron chi connectivity index (χ2n) is 5.39. The first kappa shape index (κ1) is 16.3. The van der Waals surface area contributed by atoms with Gasteiger partial charge in [0.05, 0.1) is 35.9 Å². The highest BCUT2D eigenvalue weighted by molar-refractivity contribution is 7.85. The van der Waals surface area contributed by atoms with E-state index in [1.54, 1.807) is 18.2 Å². The molecule has 1 aromatic carbocycles. The van der Waals surface area contributed by atoms with Gasteiger partial charge < -0.3 is 19.9 Å². The fourth-order valence-corrected chi connectivity index (χ4v) is 3.10. The zero-order valence-electron chi connectivity index (χ0n) is 12.5. The topological polar surface area (TPSA) is 67.8 Å². The molecule has 2 rings (SSSR count). The molecule has 21 heavy (non-hydrogen) atoms. The average Bonchev–Trinajstić information content (AvgIpc) is 2.69. The molecule has 0 fully saturated rings. The molecule has 2 unspecified atom stereocenters. The molecule has 5 nitrogen and oxygen atoms in total. The summed E-state index contributed by atoms with van der Waals surface area (Å²) in [5.74, 6) is 1.53. The van der Waals surface area contributed by atoms with Gasteiger partial charge in [0, 0.05) is 30.0 Å². The van der Waals surface area contributed by atoms with Crippen molar-refractivity contribution in [2.24, 2.45) is 0 Å². The van der Waals surface area contributed by atoms with Crippen LogP contribution >= 0.6 is 0 Å². The van der Waals surface area contributed by atoms with Crippen molar-refractivity contribution in [2.45, 2.75) is 37.3 Å². The molecule has 2 N–H and O–H groups in total. The molecular weight excluding hydrogens is 290 g/mol. The van der Waals surface area contributed by atoms with E-state index in [1.165, 1.54) is 0 Å². The molecule has 118 valence electrons. The Bertz CT molecular complexity index is 493. The van der Waals surface area contributed by atoms with E-state index in [2.05, 4.69) is 5.32 Å². The van der Waals surface area contributed by atoms with E-state index in [4.69, 9.17) is 9.47 Å². The minimum Gasteiger partial charge on any atom is -0.490 e. The molecule has 0 saturated heterocycles. The van der Waals surface area contributed by atoms with Crippen LogP contribution in [0.25, 0.3) is 0 Å². The van der Waals surface area contributed by atoms with Crippen molar-refractivity contribution in [1.29, 1.82) is 0 Å². The fraction of sp³-hybridized carbons (Fsp3) is 0.600. The quantitative estimate of drug-likeness (QED) is 0.829. The van der Waals surface area contributed by atoms with Crippen molar-refractivity contribution in [2.75, 3.05) is 25.5 Å². The lowest BCUT2D eigenvalue weighted by atomic mass is 10.3. The largest absolute Gasteiger partial charge is 0.490 e. The Balaban J connectivity index is 1.97. The minimum absolute atomic E-state index is 0.208. The van der Waals surface area contributed by atoms with Crippen LogP contribution in [0.3, 0.4) is 0 Å². The van der Waals surface area contributed by atoms with Crippen molar-refractivity contribution in [3.63, 3.8) is 0 Å². The summed E-state index contributed by atoms with van der Waals surface area (Å²) in [7, 11) is -1.26. The lowest BCUT2D eigenvalue weighted by molar-refractivity contribution is 0.191. The SMILES string of the molecule is CC(C)NCC(O)CS(=O)c1ccc2c(c1)OCCCO2. The first-order valence-corrected chi connectivity index (χ1v) is 8.57. The molecule has 0 radical (unpaired) electrons. The van der Waals surface area contributed by atoms with Crippen LogP contribution in [0.4, 0.5) is 0 Å². The fourth-order valence-electron chi connectivity index (χ4n) is 1.99. The van der Waals surface area contributed by atoms with Gasteiger partial charge >= 0.3 is 0 Å². The smallest absolute Gasteiger partial charge is 0.162 e. The molecule has 0 bridgehead atoms. The lowest BCUT2D eigenvalue weighted by Gasteiger charge is -2.14. The molecule has 1 heterocycles. The van der Waals surface area contributed by atoms with Gasteiger partial charge in [-0.1, -0.05) is 13.8 Å². The Morgan fingerprint density at radius 3 is 2.71 bits per heavy atom. The number of ether oxygens (including phenoxy) is 2. The highest BCUT2D eigenvalue weighted by atomic mass is 32.2. The molecular formula is C15H23NO4S. The number of aliphatic hydroxyl groups excluding tert-OH is 1. The van der Waals surface area contributed by atoms with Gasteiger partial charge in [-0.05, 0) is 12.1 Å². The van der Waals surface area contributed by atoms with Crippen LogP contribution < -0.4 is 14.8 Å². The van der Waals surface area contributed by atoms with Gasteiger partial charge in [-0.15, -0.1) is 0 Å². The van der Waals surface area contributed by atoms with E-state index >= 15 is 0 Å². The van der Waals surface area contributed by atoms with E-state index in [9.17, 15) is 9.32 Å². The number of aliphatic hydroxyl groups is 1. The van der Waals surface area contributed by atoms with Gasteiger partial charge in [-0.2, -0.15) is 0 Å². The standard InChI is InChI=1S/C15H23NO4S/c1-11(2)16-9-12(17)10-21(18)13-4-5-14-15(8-13)20-7-3-6-19-14/h4-5,8,11-12,16-17H,3,6-7,9-10H2,1-2H3. The third-order valence-corrected chi connectivity index (χ3v) is 4.55. The number of benzene rings is 1. The van der Waals surface area contributed by atoms with Crippen molar-refractivity contribution in [3.05, 3.63) is 18.2 Å². The van der Waals surface area contributed by atoms with Crippen molar-refractivity contribution < 1.29 is 18.8 Å². The summed E-state index contributed by atoms with van der Waals surface area (Å²) in [6, 6.07) is 5.60. The minimum atomic E-state index is -1.26. The third-order valence-electron chi connectivity index (χ3n) is 3.09. The van der Waals surface area contributed by atoms with Crippen LogP contribution in [-0.2, 0) is 10.8 Å². The molecule has 0 spiro atoms. The Morgan fingerprint density at radius 1 is 1.29 bits per heavy atom. The number of hydrogen-bond acceptors (Lipinski definition) is 5. The maximum absolute atomic E-state index is 12.3. The third kappa shape index (κ3) is 4.98. The Kier molecular flexibility index (Phi) is 6.02. The number of hydrogen-bond donors (Lipinski definition) is 2. The van der Waals surface area contributed by atoms with E-state index < -0.39 is 16.9 Å². The zero-order chi connectivity index (χ0) is 15.2. The van der Waals surface area contributed by atoms with Gasteiger partial charge in [-0.3, -0.25) is 4.21 Å². The Labute approximate surface area is 128 Å². The summed E-state index contributed by atoms with van der Waals surface area (Å²) in [6.07, 6.45) is 0.205. The summed E-state index contributed by atoms with van der Waals surface area (Å²) in [5.41, 5.74) is 0. The Morgan fingerprint density at radius 2 is 2.00 bits per heavy atom. The highest BCUT2D eigenvalue weighted by Crippen LogP contribution is 2.31. The maximum atomic E-state index is 12.3. The predicted octanol–water partition coefficient (Wildman–Crippen LogP) is 1.31. The maximum Gasteiger partial charge on any atom is 0.162 e. The molecule has 6 heteroatoms. The van der Waals surface area contributed by atoms with Crippen LogP contribution in [0.2, 0.25) is 0 Å². The zero-order valence-corrected chi connectivity index (χ0v) is 13.3. The molecule has 0 saturated carbocycles. The number of rotatable bonds is 6. The molecule has 1 aromatic rings. The number of fused-ring (bicyclic) bond motifs is 1. The van der Waals surface area contributed by atoms with Gasteiger partial charge in [0.15, 0.2) is 11.5 Å². The first-order valence-electron chi connectivity index (χ1n) is 7.25. The van der Waals surface area contributed by atoms with Crippen LogP contribution in [0.15, 0.2) is 23.1 Å². The van der Waals surface area contributed by atoms with Crippen molar-refractivity contribution in [3.8, 4) is 11.5 Å². The highest BCUT2D eigenvalue weighted by Gasteiger charge is 2.16. The van der Waals surface area contributed by atoms with E-state index in [0.717, 1.165) is 6.42 Å². The van der Waals surface area contributed by atoms with Crippen LogP contribution in [0.1, 0.15) is 20.3 Å². The summed E-state index contributed by atoms with van der Waals surface area (Å²) in [4.78, 5) is 0.655. The molecule has 0 amide bonds. The second-order valence-corrected chi connectivity index (χ2v) is 6.88. The van der Waals surface area contributed by atoms with Crippen molar-refractivity contribution >= 4 is 10.8 Å². The molecule has 1 aliphatic heterocycles. The number of nitrogens with one attached hydrogen (secondary N) is 1. The predicted molar refractivity (Wildman–Crippen MR) is 82.5 cm³/mol. The molecule has 0 aromatic heterocycles. The molecule has 0 aliphatic carbocycles. The van der Waals surface area contributed by atoms with Gasteiger partial charge in [0.25, 0.3) is 0 Å². The summed E-state index contributed by atoms with van der Waals surface area (Å²) in [5, 5.41) is 13.0. The van der Waals surface area contributed by atoms with Gasteiger partial charge in [0.1, 0.15) is 0 Å². The monoisotopic (exact) mass is 313 g/mol. The average molecular weight is 313 g/mol.